The van der Waals surface area contributed by atoms with Gasteiger partial charge in [0.15, 0.2) is 0 Å². The highest BCUT2D eigenvalue weighted by atomic mass is 35.5. The van der Waals surface area contributed by atoms with Gasteiger partial charge in [0, 0.05) is 11.4 Å². The van der Waals surface area contributed by atoms with Crippen LogP contribution in [0.25, 0.3) is 0 Å². The molecule has 0 saturated carbocycles. The van der Waals surface area contributed by atoms with Gasteiger partial charge in [0.25, 0.3) is 0 Å². The Bertz CT molecular complexity index is 1300. The van der Waals surface area contributed by atoms with E-state index in [1.54, 1.807) is 0 Å². The van der Waals surface area contributed by atoms with Crippen LogP contribution in [0.1, 0.15) is 40.3 Å². The molecule has 1 fully saturated rings. The Morgan fingerprint density at radius 3 is 1.90 bits per heavy atom. The summed E-state index contributed by atoms with van der Waals surface area (Å²) in [6.07, 6.45) is -0.652. The van der Waals surface area contributed by atoms with Gasteiger partial charge in [-0.25, -0.2) is 0 Å². The minimum Gasteiger partial charge on any atom is -0.392 e. The monoisotopic (exact) mass is 558 g/mol. The van der Waals surface area contributed by atoms with Crippen LogP contribution in [-0.2, 0) is 45.4 Å². The summed E-state index contributed by atoms with van der Waals surface area (Å²) in [7, 11) is 0. The lowest BCUT2D eigenvalue weighted by atomic mass is 9.92. The Labute approximate surface area is 241 Å². The van der Waals surface area contributed by atoms with E-state index in [0.717, 1.165) is 22.3 Å². The maximum atomic E-state index is 9.81. The van der Waals surface area contributed by atoms with E-state index in [9.17, 15) is 5.11 Å². The summed E-state index contributed by atoms with van der Waals surface area (Å²) in [5.74, 6) is 0. The van der Waals surface area contributed by atoms with E-state index in [2.05, 4.69) is 24.3 Å². The van der Waals surface area contributed by atoms with Crippen molar-refractivity contribution in [2.24, 2.45) is 0 Å². The molecule has 4 aromatic carbocycles. The highest BCUT2D eigenvalue weighted by molar-refractivity contribution is 6.31. The van der Waals surface area contributed by atoms with Gasteiger partial charge in [-0.3, -0.25) is 0 Å². The number of ether oxygens (including phenoxy) is 4. The summed E-state index contributed by atoms with van der Waals surface area (Å²) in [5, 5.41) is 10.3. The highest BCUT2D eigenvalue weighted by Gasteiger charge is 2.41. The van der Waals surface area contributed by atoms with Gasteiger partial charge >= 0.3 is 0 Å². The van der Waals surface area contributed by atoms with E-state index < -0.39 is 0 Å². The van der Waals surface area contributed by atoms with E-state index in [1.165, 1.54) is 0 Å². The number of hydrogen-bond donors (Lipinski definition) is 1. The SMILES string of the molecule is OCc1cc(C2CC(OCc3ccccc3)C(OCc3ccccc3)C(COCc3ccccc3)O2)ccc1Cl. The van der Waals surface area contributed by atoms with E-state index in [-0.39, 0.29) is 31.0 Å². The van der Waals surface area contributed by atoms with E-state index in [4.69, 9.17) is 30.5 Å². The summed E-state index contributed by atoms with van der Waals surface area (Å²) < 4.78 is 26.0. The standard InChI is InChI=1S/C34H35ClO5/c35-30-17-16-28(18-29(30)20-36)31-19-32(38-22-26-12-6-2-7-13-26)34(39-23-27-14-8-3-9-15-27)33(40-31)24-37-21-25-10-4-1-5-11-25/h1-18,31-34,36H,19-24H2. The van der Waals surface area contributed by atoms with Gasteiger partial charge in [0.1, 0.15) is 12.2 Å². The molecule has 1 heterocycles. The summed E-state index contributed by atoms with van der Waals surface area (Å²) in [6.45, 7) is 1.58. The van der Waals surface area contributed by atoms with Crippen LogP contribution in [0.5, 0.6) is 0 Å². The van der Waals surface area contributed by atoms with Crippen LogP contribution in [0.3, 0.4) is 0 Å². The normalized spacial score (nSPS) is 20.9. The first-order valence-corrected chi connectivity index (χ1v) is 14.0. The molecule has 5 rings (SSSR count). The van der Waals surface area contributed by atoms with Crippen molar-refractivity contribution in [1.29, 1.82) is 0 Å². The first-order chi connectivity index (χ1) is 19.7. The Kier molecular flexibility index (Phi) is 10.4. The van der Waals surface area contributed by atoms with Crippen molar-refractivity contribution >= 4 is 11.6 Å². The van der Waals surface area contributed by atoms with Crippen molar-refractivity contribution < 1.29 is 24.1 Å². The van der Waals surface area contributed by atoms with E-state index in [1.807, 2.05) is 84.9 Å². The van der Waals surface area contributed by atoms with Crippen LogP contribution in [-0.4, -0.2) is 30.0 Å². The quantitative estimate of drug-likeness (QED) is 0.202. The molecule has 1 aliphatic heterocycles. The zero-order valence-electron chi connectivity index (χ0n) is 22.4. The van der Waals surface area contributed by atoms with Gasteiger partial charge in [-0.05, 0) is 39.9 Å². The van der Waals surface area contributed by atoms with Crippen LogP contribution < -0.4 is 0 Å². The zero-order valence-corrected chi connectivity index (χ0v) is 23.2. The van der Waals surface area contributed by atoms with Crippen molar-refractivity contribution in [2.75, 3.05) is 6.61 Å². The first-order valence-electron chi connectivity index (χ1n) is 13.7. The topological polar surface area (TPSA) is 57.2 Å². The fourth-order valence-corrected chi connectivity index (χ4v) is 5.16. The Balaban J connectivity index is 1.39. The van der Waals surface area contributed by atoms with Gasteiger partial charge in [-0.1, -0.05) is 109 Å². The van der Waals surface area contributed by atoms with Crippen LogP contribution >= 0.6 is 11.6 Å². The summed E-state index contributed by atoms with van der Waals surface area (Å²) in [4.78, 5) is 0. The summed E-state index contributed by atoms with van der Waals surface area (Å²) in [6, 6.07) is 36.0. The van der Waals surface area contributed by atoms with Gasteiger partial charge in [-0.2, -0.15) is 0 Å². The molecule has 0 radical (unpaired) electrons. The van der Waals surface area contributed by atoms with Crippen LogP contribution in [0.2, 0.25) is 5.02 Å². The number of aliphatic hydroxyl groups is 1. The van der Waals surface area contributed by atoms with Crippen LogP contribution in [0.15, 0.2) is 109 Å². The van der Waals surface area contributed by atoms with Gasteiger partial charge in [0.2, 0.25) is 0 Å². The second-order valence-electron chi connectivity index (χ2n) is 10.0. The zero-order chi connectivity index (χ0) is 27.6. The molecule has 208 valence electrons. The van der Waals surface area contributed by atoms with Gasteiger partial charge in [0.05, 0.1) is 45.2 Å². The Morgan fingerprint density at radius 2 is 1.30 bits per heavy atom. The second-order valence-corrected chi connectivity index (χ2v) is 10.4. The third kappa shape index (κ3) is 7.79. The molecule has 1 aliphatic rings. The summed E-state index contributed by atoms with van der Waals surface area (Å²) in [5.41, 5.74) is 4.89. The maximum Gasteiger partial charge on any atom is 0.113 e. The molecule has 0 amide bonds. The second kappa shape index (κ2) is 14.6. The smallest absolute Gasteiger partial charge is 0.113 e. The van der Waals surface area contributed by atoms with Crippen LogP contribution in [0.4, 0.5) is 0 Å². The van der Waals surface area contributed by atoms with Crippen molar-refractivity contribution in [2.45, 2.75) is 57.3 Å². The molecular weight excluding hydrogens is 524 g/mol. The average Bonchev–Trinajstić information content (AvgIpc) is 3.01. The molecule has 6 heteroatoms. The maximum absolute atomic E-state index is 9.81. The molecule has 0 spiro atoms. The van der Waals surface area contributed by atoms with Crippen LogP contribution in [0, 0.1) is 0 Å². The third-order valence-electron chi connectivity index (χ3n) is 7.12. The molecule has 4 unspecified atom stereocenters. The molecule has 1 saturated heterocycles. The van der Waals surface area contributed by atoms with Gasteiger partial charge < -0.3 is 24.1 Å². The number of hydrogen-bond acceptors (Lipinski definition) is 5. The Morgan fingerprint density at radius 1 is 0.725 bits per heavy atom. The predicted octanol–water partition coefficient (Wildman–Crippen LogP) is 7.05. The molecule has 0 aliphatic carbocycles. The molecular formula is C34H35ClO5. The number of benzene rings is 4. The fourth-order valence-electron chi connectivity index (χ4n) is 4.98. The lowest BCUT2D eigenvalue weighted by Crippen LogP contribution is -2.50. The number of halogens is 1. The molecule has 4 aromatic rings. The minimum absolute atomic E-state index is 0.139. The highest BCUT2D eigenvalue weighted by Crippen LogP contribution is 2.37. The average molecular weight is 559 g/mol. The van der Waals surface area contributed by atoms with E-state index in [0.29, 0.717) is 43.4 Å². The number of rotatable bonds is 12. The largest absolute Gasteiger partial charge is 0.392 e. The molecule has 5 nitrogen and oxygen atoms in total. The minimum atomic E-state index is -0.375. The van der Waals surface area contributed by atoms with Crippen molar-refractivity contribution in [3.05, 3.63) is 142 Å². The number of aliphatic hydroxyl groups excluding tert-OH is 1. The third-order valence-corrected chi connectivity index (χ3v) is 7.48. The lowest BCUT2D eigenvalue weighted by Gasteiger charge is -2.42. The predicted molar refractivity (Wildman–Crippen MR) is 156 cm³/mol. The lowest BCUT2D eigenvalue weighted by molar-refractivity contribution is -0.222. The molecule has 4 atom stereocenters. The molecule has 1 N–H and O–H groups in total. The first kappa shape index (κ1) is 28.5. The molecule has 40 heavy (non-hydrogen) atoms. The Hall–Kier alpha value is -3.03. The molecule has 0 aromatic heterocycles. The van der Waals surface area contributed by atoms with Crippen molar-refractivity contribution in [1.82, 2.24) is 0 Å². The van der Waals surface area contributed by atoms with Gasteiger partial charge in [-0.15, -0.1) is 0 Å². The fraction of sp³-hybridized carbons (Fsp3) is 0.294. The molecule has 0 bridgehead atoms. The van der Waals surface area contributed by atoms with Crippen molar-refractivity contribution in [3.8, 4) is 0 Å². The summed E-state index contributed by atoms with van der Waals surface area (Å²) >= 11 is 6.29. The van der Waals surface area contributed by atoms with Crippen molar-refractivity contribution in [3.63, 3.8) is 0 Å². The van der Waals surface area contributed by atoms with E-state index >= 15 is 0 Å².